The number of carbonyl (C=O) groups excluding carboxylic acids is 2. The fourth-order valence-corrected chi connectivity index (χ4v) is 2.59. The van der Waals surface area contributed by atoms with Crippen molar-refractivity contribution in [2.45, 2.75) is 0 Å². The standard InChI is InChI=1S/C15H12ClN2O2/c1-17-13-8-3-2-7-12(13)14(19)18(15(17)20)11-6-4-5-10(16)9-11/h2-9,12H,1H3/q+1. The SMILES string of the molecule is C[N+]1=C2C=CC=CC2C(=O)N(c2cccc(Cl)c2)C1=O. The molecule has 1 aliphatic carbocycles. The van der Waals surface area contributed by atoms with Crippen molar-refractivity contribution in [3.05, 3.63) is 53.6 Å². The van der Waals surface area contributed by atoms with Crippen LogP contribution in [0.2, 0.25) is 5.02 Å². The minimum atomic E-state index is -0.429. The van der Waals surface area contributed by atoms with Crippen LogP contribution in [0.15, 0.2) is 48.6 Å². The molecule has 3 amide bonds. The van der Waals surface area contributed by atoms with Crippen molar-refractivity contribution in [1.82, 2.24) is 0 Å². The summed E-state index contributed by atoms with van der Waals surface area (Å²) in [6.07, 6.45) is 7.21. The van der Waals surface area contributed by atoms with Crippen LogP contribution in [-0.4, -0.2) is 29.3 Å². The predicted molar refractivity (Wildman–Crippen MR) is 77.3 cm³/mol. The topological polar surface area (TPSA) is 40.4 Å². The maximum absolute atomic E-state index is 12.6. The van der Waals surface area contributed by atoms with E-state index in [2.05, 4.69) is 0 Å². The highest BCUT2D eigenvalue weighted by Crippen LogP contribution is 2.26. The van der Waals surface area contributed by atoms with E-state index in [-0.39, 0.29) is 11.9 Å². The van der Waals surface area contributed by atoms with Crippen molar-refractivity contribution >= 4 is 34.9 Å². The van der Waals surface area contributed by atoms with Gasteiger partial charge in [0.25, 0.3) is 0 Å². The van der Waals surface area contributed by atoms with Gasteiger partial charge in [0.1, 0.15) is 17.3 Å². The molecule has 0 spiro atoms. The summed E-state index contributed by atoms with van der Waals surface area (Å²) in [4.78, 5) is 26.1. The summed E-state index contributed by atoms with van der Waals surface area (Å²) in [6.45, 7) is 0. The van der Waals surface area contributed by atoms with Crippen LogP contribution < -0.4 is 4.90 Å². The molecule has 0 aromatic heterocycles. The number of hydrogen-bond donors (Lipinski definition) is 0. The summed E-state index contributed by atoms with van der Waals surface area (Å²) < 4.78 is 1.49. The number of nitrogens with zero attached hydrogens (tertiary/aromatic N) is 2. The van der Waals surface area contributed by atoms with Crippen molar-refractivity contribution in [2.24, 2.45) is 5.92 Å². The maximum atomic E-state index is 12.6. The summed E-state index contributed by atoms with van der Waals surface area (Å²) in [6, 6.07) is 6.35. The Morgan fingerprint density at radius 3 is 2.80 bits per heavy atom. The van der Waals surface area contributed by atoms with Crippen molar-refractivity contribution in [2.75, 3.05) is 11.9 Å². The molecule has 100 valence electrons. The third-order valence-electron chi connectivity index (χ3n) is 3.42. The fraction of sp³-hybridized carbons (Fsp3) is 0.133. The molecule has 5 heteroatoms. The smallest absolute Gasteiger partial charge is 0.245 e. The largest absolute Gasteiger partial charge is 0.505 e. The Labute approximate surface area is 121 Å². The van der Waals surface area contributed by atoms with Gasteiger partial charge < -0.3 is 0 Å². The van der Waals surface area contributed by atoms with Crippen LogP contribution in [-0.2, 0) is 4.79 Å². The van der Waals surface area contributed by atoms with Gasteiger partial charge in [-0.1, -0.05) is 35.9 Å². The maximum Gasteiger partial charge on any atom is 0.505 e. The highest BCUT2D eigenvalue weighted by molar-refractivity contribution is 6.31. The molecular weight excluding hydrogens is 276 g/mol. The zero-order chi connectivity index (χ0) is 14.3. The van der Waals surface area contributed by atoms with Crippen LogP contribution in [0.4, 0.5) is 10.5 Å². The van der Waals surface area contributed by atoms with Crippen LogP contribution >= 0.6 is 11.6 Å². The molecule has 0 N–H and O–H groups in total. The Bertz CT molecular complexity index is 704. The molecule has 1 aromatic rings. The van der Waals surface area contributed by atoms with Crippen LogP contribution in [0.5, 0.6) is 0 Å². The van der Waals surface area contributed by atoms with Crippen molar-refractivity contribution in [3.8, 4) is 0 Å². The van der Waals surface area contributed by atoms with Crippen LogP contribution in [0.25, 0.3) is 0 Å². The number of carbonyl (C=O) groups is 2. The van der Waals surface area contributed by atoms with E-state index >= 15 is 0 Å². The first-order valence-corrected chi connectivity index (χ1v) is 6.56. The highest BCUT2D eigenvalue weighted by Gasteiger charge is 2.46. The Kier molecular flexibility index (Phi) is 3.03. The average molecular weight is 288 g/mol. The number of fused-ring (bicyclic) bond motifs is 1. The molecule has 0 saturated heterocycles. The van der Waals surface area contributed by atoms with Crippen molar-refractivity contribution in [1.29, 1.82) is 0 Å². The van der Waals surface area contributed by atoms with Gasteiger partial charge in [-0.15, -0.1) is 4.90 Å². The molecule has 0 radical (unpaired) electrons. The molecule has 1 atom stereocenters. The Hall–Kier alpha value is -2.20. The number of urea groups is 1. The number of amides is 3. The van der Waals surface area contributed by atoms with Gasteiger partial charge in [-0.3, -0.25) is 0 Å². The fourth-order valence-electron chi connectivity index (χ4n) is 2.41. The van der Waals surface area contributed by atoms with E-state index in [9.17, 15) is 9.59 Å². The van der Waals surface area contributed by atoms with E-state index in [4.69, 9.17) is 11.6 Å². The number of anilines is 1. The lowest BCUT2D eigenvalue weighted by Crippen LogP contribution is -2.53. The van der Waals surface area contributed by atoms with Gasteiger partial charge >= 0.3 is 11.9 Å². The van der Waals surface area contributed by atoms with Crippen molar-refractivity contribution < 1.29 is 14.2 Å². The quantitative estimate of drug-likeness (QED) is 0.745. The second-order valence-corrected chi connectivity index (χ2v) is 5.08. The minimum absolute atomic E-state index is 0.258. The molecule has 0 fully saturated rings. The van der Waals surface area contributed by atoms with E-state index in [0.29, 0.717) is 16.4 Å². The molecule has 1 heterocycles. The summed E-state index contributed by atoms with van der Waals surface area (Å²) in [5.41, 5.74) is 1.18. The van der Waals surface area contributed by atoms with Gasteiger partial charge in [0.15, 0.2) is 0 Å². The highest BCUT2D eigenvalue weighted by atomic mass is 35.5. The molecule has 20 heavy (non-hydrogen) atoms. The zero-order valence-corrected chi connectivity index (χ0v) is 11.5. The lowest BCUT2D eigenvalue weighted by atomic mass is 9.94. The van der Waals surface area contributed by atoms with E-state index in [1.807, 2.05) is 12.2 Å². The van der Waals surface area contributed by atoms with E-state index in [1.54, 1.807) is 43.5 Å². The minimum Gasteiger partial charge on any atom is -0.245 e. The molecule has 0 bridgehead atoms. The Morgan fingerprint density at radius 2 is 2.05 bits per heavy atom. The third kappa shape index (κ3) is 1.89. The molecule has 0 saturated carbocycles. The molecule has 3 rings (SSSR count). The number of imide groups is 1. The monoisotopic (exact) mass is 287 g/mol. The molecule has 1 aromatic carbocycles. The zero-order valence-electron chi connectivity index (χ0n) is 10.8. The van der Waals surface area contributed by atoms with E-state index < -0.39 is 5.92 Å². The second-order valence-electron chi connectivity index (χ2n) is 4.64. The summed E-state index contributed by atoms with van der Waals surface area (Å²) >= 11 is 5.94. The normalized spacial score (nSPS) is 21.5. The van der Waals surface area contributed by atoms with Gasteiger partial charge in [-0.25, -0.2) is 4.79 Å². The molecule has 2 aliphatic rings. The first kappa shape index (κ1) is 12.8. The van der Waals surface area contributed by atoms with E-state index in [1.165, 1.54) is 9.48 Å². The lowest BCUT2D eigenvalue weighted by Gasteiger charge is -2.25. The first-order valence-electron chi connectivity index (χ1n) is 6.18. The number of hydrogen-bond acceptors (Lipinski definition) is 2. The molecule has 4 nitrogen and oxygen atoms in total. The van der Waals surface area contributed by atoms with Crippen LogP contribution in [0, 0.1) is 5.92 Å². The predicted octanol–water partition coefficient (Wildman–Crippen LogP) is 2.63. The second kappa shape index (κ2) is 4.72. The number of benzene rings is 1. The molecular formula is C15H12ClN2O2+. The number of allylic oxidation sites excluding steroid dienone is 3. The average Bonchev–Trinajstić information content (AvgIpc) is 2.45. The number of halogens is 1. The lowest BCUT2D eigenvalue weighted by molar-refractivity contribution is -0.393. The van der Waals surface area contributed by atoms with Crippen LogP contribution in [0.1, 0.15) is 0 Å². The van der Waals surface area contributed by atoms with Gasteiger partial charge in [0.05, 0.1) is 7.05 Å². The summed E-state index contributed by atoms with van der Waals surface area (Å²) in [5.74, 6) is -0.687. The first-order chi connectivity index (χ1) is 9.59. The molecule has 1 aliphatic heterocycles. The van der Waals surface area contributed by atoms with Crippen molar-refractivity contribution in [3.63, 3.8) is 0 Å². The third-order valence-corrected chi connectivity index (χ3v) is 3.65. The van der Waals surface area contributed by atoms with Gasteiger partial charge in [0, 0.05) is 11.1 Å². The summed E-state index contributed by atoms with van der Waals surface area (Å²) in [7, 11) is 1.66. The van der Waals surface area contributed by atoms with Crippen LogP contribution in [0.3, 0.4) is 0 Å². The summed E-state index contributed by atoms with van der Waals surface area (Å²) in [5, 5.41) is 0.486. The molecule has 1 unspecified atom stereocenters. The Balaban J connectivity index is 2.12. The van der Waals surface area contributed by atoms with Gasteiger partial charge in [-0.05, 0) is 18.2 Å². The van der Waals surface area contributed by atoms with Gasteiger partial charge in [-0.2, -0.15) is 9.37 Å². The van der Waals surface area contributed by atoms with E-state index in [0.717, 1.165) is 0 Å². The number of rotatable bonds is 1. The Morgan fingerprint density at radius 1 is 1.25 bits per heavy atom. The van der Waals surface area contributed by atoms with Gasteiger partial charge in [0.2, 0.25) is 0 Å².